The number of carboxylic acid groups (broad SMARTS) is 1. The van der Waals surface area contributed by atoms with Gasteiger partial charge in [-0.1, -0.05) is 70.3 Å². The number of nitro groups is 1. The number of aromatic carboxylic acids is 1. The molecule has 0 fully saturated rings. The SMILES string of the molecule is Cc1ccc(N(Cc2cccc(Cl)c2)S(=O)(=O)c2ccc(Sc3ccc(Cl)c(Cl)c3)c([N+](=O)[O-])c2)c(C(=O)O)c1. The summed E-state index contributed by atoms with van der Waals surface area (Å²) >= 11 is 19.2. The van der Waals surface area contributed by atoms with Crippen molar-refractivity contribution in [3.63, 3.8) is 0 Å². The molecule has 0 amide bonds. The number of carbonyl (C=O) groups is 1. The van der Waals surface area contributed by atoms with Crippen LogP contribution < -0.4 is 4.31 Å². The molecule has 4 aromatic carbocycles. The Kier molecular flexibility index (Phi) is 8.96. The first-order valence-electron chi connectivity index (χ1n) is 11.4. The fourth-order valence-corrected chi connectivity index (χ4v) is 6.83. The normalized spacial score (nSPS) is 11.3. The lowest BCUT2D eigenvalue weighted by molar-refractivity contribution is -0.388. The topological polar surface area (TPSA) is 118 Å². The van der Waals surface area contributed by atoms with Crippen LogP contribution in [0.15, 0.2) is 93.5 Å². The molecule has 0 radical (unpaired) electrons. The number of hydrogen-bond acceptors (Lipinski definition) is 6. The van der Waals surface area contributed by atoms with Gasteiger partial charge in [0.05, 0.1) is 42.6 Å². The molecule has 4 rings (SSSR count). The molecule has 0 spiro atoms. The van der Waals surface area contributed by atoms with Crippen LogP contribution in [0, 0.1) is 17.0 Å². The van der Waals surface area contributed by atoms with Gasteiger partial charge in [-0.3, -0.25) is 14.4 Å². The quantitative estimate of drug-likeness (QED) is 0.145. The summed E-state index contributed by atoms with van der Waals surface area (Å²) in [7, 11) is -4.52. The van der Waals surface area contributed by atoms with Crippen LogP contribution in [-0.4, -0.2) is 24.4 Å². The predicted molar refractivity (Wildman–Crippen MR) is 157 cm³/mol. The van der Waals surface area contributed by atoms with Gasteiger partial charge in [0.2, 0.25) is 0 Å². The Balaban J connectivity index is 1.84. The molecule has 0 aliphatic heterocycles. The van der Waals surface area contributed by atoms with Gasteiger partial charge < -0.3 is 5.11 Å². The van der Waals surface area contributed by atoms with Crippen LogP contribution in [0.2, 0.25) is 15.1 Å². The summed E-state index contributed by atoms with van der Waals surface area (Å²) in [5, 5.41) is 22.8. The zero-order valence-electron chi connectivity index (χ0n) is 20.5. The largest absolute Gasteiger partial charge is 0.478 e. The van der Waals surface area contributed by atoms with Crippen molar-refractivity contribution in [2.45, 2.75) is 28.2 Å². The number of benzene rings is 4. The molecule has 206 valence electrons. The number of halogens is 3. The molecule has 13 heteroatoms. The average Bonchev–Trinajstić information content (AvgIpc) is 2.89. The molecule has 0 saturated carbocycles. The summed E-state index contributed by atoms with van der Waals surface area (Å²) in [5.41, 5.74) is 0.291. The maximum absolute atomic E-state index is 14.0. The minimum atomic E-state index is -4.52. The molecule has 40 heavy (non-hydrogen) atoms. The van der Waals surface area contributed by atoms with Gasteiger partial charge in [-0.25, -0.2) is 13.2 Å². The first-order chi connectivity index (χ1) is 18.9. The van der Waals surface area contributed by atoms with Crippen LogP contribution in [0.5, 0.6) is 0 Å². The summed E-state index contributed by atoms with van der Waals surface area (Å²) in [6, 6.07) is 19.0. The second-order valence-electron chi connectivity index (χ2n) is 8.53. The predicted octanol–water partition coefficient (Wildman–Crippen LogP) is 8.11. The highest BCUT2D eigenvalue weighted by Gasteiger charge is 2.31. The van der Waals surface area contributed by atoms with E-state index in [1.165, 1.54) is 24.3 Å². The van der Waals surface area contributed by atoms with Gasteiger partial charge in [0, 0.05) is 16.0 Å². The molecule has 4 aromatic rings. The number of carboxylic acids is 1. The lowest BCUT2D eigenvalue weighted by Gasteiger charge is -2.26. The van der Waals surface area contributed by atoms with E-state index in [1.54, 1.807) is 55.5 Å². The van der Waals surface area contributed by atoms with E-state index >= 15 is 0 Å². The number of aryl methyl sites for hydroxylation is 1. The van der Waals surface area contributed by atoms with E-state index in [0.717, 1.165) is 22.1 Å². The second-order valence-corrected chi connectivity index (χ2v) is 12.8. The highest BCUT2D eigenvalue weighted by atomic mass is 35.5. The molecular weight excluding hydrogens is 619 g/mol. The van der Waals surface area contributed by atoms with Crippen LogP contribution in [0.1, 0.15) is 21.5 Å². The van der Waals surface area contributed by atoms with Crippen molar-refractivity contribution in [3.05, 3.63) is 121 Å². The number of rotatable bonds is 9. The van der Waals surface area contributed by atoms with Crippen molar-refractivity contribution in [1.82, 2.24) is 0 Å². The van der Waals surface area contributed by atoms with Crippen LogP contribution in [0.25, 0.3) is 0 Å². The fourth-order valence-electron chi connectivity index (χ4n) is 3.82. The Morgan fingerprint density at radius 1 is 0.975 bits per heavy atom. The number of nitro benzene ring substituents is 1. The molecule has 0 heterocycles. The summed E-state index contributed by atoms with van der Waals surface area (Å²) in [4.78, 5) is 23.8. The number of nitrogens with zero attached hydrogens (tertiary/aromatic N) is 2. The fraction of sp³-hybridized carbons (Fsp3) is 0.0741. The third-order valence-corrected chi connectivity index (χ3v) is 9.48. The summed E-state index contributed by atoms with van der Waals surface area (Å²) in [5.74, 6) is -1.33. The Labute approximate surface area is 249 Å². The van der Waals surface area contributed by atoms with Gasteiger partial charge in [0.25, 0.3) is 15.7 Å². The number of hydrogen-bond donors (Lipinski definition) is 1. The van der Waals surface area contributed by atoms with E-state index in [2.05, 4.69) is 0 Å². The molecule has 0 atom stereocenters. The van der Waals surface area contributed by atoms with Crippen molar-refractivity contribution in [2.24, 2.45) is 0 Å². The van der Waals surface area contributed by atoms with Crippen LogP contribution >= 0.6 is 46.6 Å². The molecule has 8 nitrogen and oxygen atoms in total. The molecule has 0 saturated heterocycles. The van der Waals surface area contributed by atoms with Crippen molar-refractivity contribution in [1.29, 1.82) is 0 Å². The van der Waals surface area contributed by atoms with E-state index in [4.69, 9.17) is 34.8 Å². The Bertz CT molecular complexity index is 1750. The smallest absolute Gasteiger partial charge is 0.337 e. The third-order valence-electron chi connectivity index (χ3n) is 5.70. The molecular formula is C27H19Cl3N2O6S2. The summed E-state index contributed by atoms with van der Waals surface area (Å²) in [6.45, 7) is 1.40. The van der Waals surface area contributed by atoms with Gasteiger partial charge in [-0.2, -0.15) is 0 Å². The standard InChI is InChI=1S/C27H19Cl3N2O6S2/c1-16-5-9-24(21(11-16)27(33)34)31(15-17-3-2-4-18(28)12-17)40(37,38)20-7-10-26(25(14-20)32(35)36)39-19-6-8-22(29)23(30)13-19/h2-14H,15H2,1H3,(H,33,34). The van der Waals surface area contributed by atoms with Gasteiger partial charge in [0.15, 0.2) is 0 Å². The van der Waals surface area contributed by atoms with Crippen LogP contribution in [-0.2, 0) is 16.6 Å². The number of sulfonamides is 1. The monoisotopic (exact) mass is 636 g/mol. The van der Waals surface area contributed by atoms with Crippen LogP contribution in [0.3, 0.4) is 0 Å². The second kappa shape index (κ2) is 12.1. The lowest BCUT2D eigenvalue weighted by Crippen LogP contribution is -2.32. The van der Waals surface area contributed by atoms with Crippen LogP contribution in [0.4, 0.5) is 11.4 Å². The van der Waals surface area contributed by atoms with E-state index in [-0.39, 0.29) is 27.7 Å². The maximum atomic E-state index is 14.0. The Morgan fingerprint density at radius 3 is 2.38 bits per heavy atom. The summed E-state index contributed by atoms with van der Waals surface area (Å²) < 4.78 is 29.0. The third kappa shape index (κ3) is 6.54. The Morgan fingerprint density at radius 2 is 1.73 bits per heavy atom. The van der Waals surface area contributed by atoms with Crippen molar-refractivity contribution < 1.29 is 23.2 Å². The first-order valence-corrected chi connectivity index (χ1v) is 14.8. The molecule has 1 N–H and O–H groups in total. The first kappa shape index (κ1) is 29.7. The molecule has 0 aromatic heterocycles. The average molecular weight is 638 g/mol. The van der Waals surface area contributed by atoms with Gasteiger partial charge >= 0.3 is 5.97 Å². The van der Waals surface area contributed by atoms with Crippen molar-refractivity contribution in [2.75, 3.05) is 4.31 Å². The van der Waals surface area contributed by atoms with Gasteiger partial charge in [0.1, 0.15) is 0 Å². The zero-order valence-corrected chi connectivity index (χ0v) is 24.4. The minimum Gasteiger partial charge on any atom is -0.478 e. The molecule has 0 bridgehead atoms. The molecule has 0 aliphatic rings. The van der Waals surface area contributed by atoms with Crippen molar-refractivity contribution in [3.8, 4) is 0 Å². The zero-order chi connectivity index (χ0) is 29.2. The van der Waals surface area contributed by atoms with E-state index in [1.807, 2.05) is 0 Å². The molecule has 0 unspecified atom stereocenters. The minimum absolute atomic E-state index is 0.102. The van der Waals surface area contributed by atoms with E-state index < -0.39 is 31.5 Å². The number of anilines is 1. The van der Waals surface area contributed by atoms with Gasteiger partial charge in [-0.05, 0) is 67.1 Å². The highest BCUT2D eigenvalue weighted by Crippen LogP contribution is 2.39. The van der Waals surface area contributed by atoms with E-state index in [9.17, 15) is 28.4 Å². The highest BCUT2D eigenvalue weighted by molar-refractivity contribution is 7.99. The lowest BCUT2D eigenvalue weighted by atomic mass is 10.1. The molecule has 0 aliphatic carbocycles. The van der Waals surface area contributed by atoms with E-state index in [0.29, 0.717) is 26.1 Å². The maximum Gasteiger partial charge on any atom is 0.337 e. The Hall–Kier alpha value is -3.28. The van der Waals surface area contributed by atoms with Crippen molar-refractivity contribution >= 4 is 73.9 Å². The van der Waals surface area contributed by atoms with Gasteiger partial charge in [-0.15, -0.1) is 0 Å². The summed E-state index contributed by atoms with van der Waals surface area (Å²) in [6.07, 6.45) is 0.